The molecule has 3 aromatic rings. The molecule has 0 saturated heterocycles. The van der Waals surface area contributed by atoms with Gasteiger partial charge in [-0.05, 0) is 29.7 Å². The Morgan fingerprint density at radius 2 is 1.83 bits per heavy atom. The van der Waals surface area contributed by atoms with Gasteiger partial charge in [0, 0.05) is 42.8 Å². The number of nitrogens with zero attached hydrogens (tertiary/aromatic N) is 3. The minimum atomic E-state index is 0.254. The van der Waals surface area contributed by atoms with Crippen molar-refractivity contribution in [3.05, 3.63) is 66.6 Å². The molecule has 4 nitrogen and oxygen atoms in total. The highest BCUT2D eigenvalue weighted by atomic mass is 15.3. The summed E-state index contributed by atoms with van der Waals surface area (Å²) in [6, 6.07) is 14.2. The lowest BCUT2D eigenvalue weighted by Gasteiger charge is -2.18. The van der Waals surface area contributed by atoms with Crippen molar-refractivity contribution < 1.29 is 0 Å². The molecule has 0 radical (unpaired) electrons. The van der Waals surface area contributed by atoms with E-state index in [1.54, 1.807) is 6.20 Å². The molecule has 0 saturated carbocycles. The van der Waals surface area contributed by atoms with Crippen molar-refractivity contribution >= 4 is 0 Å². The lowest BCUT2D eigenvalue weighted by molar-refractivity contribution is 0.379. The third-order valence-corrected chi connectivity index (χ3v) is 3.72. The van der Waals surface area contributed by atoms with Crippen LogP contribution < -0.4 is 5.32 Å². The van der Waals surface area contributed by atoms with Crippen LogP contribution in [0.15, 0.2) is 61.1 Å². The second-order valence-electron chi connectivity index (χ2n) is 7.19. The summed E-state index contributed by atoms with van der Waals surface area (Å²) in [5, 5.41) is 8.35. The number of para-hydroxylation sites is 1. The first-order chi connectivity index (χ1) is 11.5. The van der Waals surface area contributed by atoms with Crippen LogP contribution in [-0.4, -0.2) is 21.3 Å². The summed E-state index contributed by atoms with van der Waals surface area (Å²) in [7, 11) is 0. The quantitative estimate of drug-likeness (QED) is 0.770. The van der Waals surface area contributed by atoms with E-state index in [-0.39, 0.29) is 5.41 Å². The first kappa shape index (κ1) is 16.4. The van der Waals surface area contributed by atoms with E-state index in [1.807, 2.05) is 35.1 Å². The van der Waals surface area contributed by atoms with Gasteiger partial charge in [-0.15, -0.1) is 0 Å². The van der Waals surface area contributed by atoms with Crippen molar-refractivity contribution in [3.63, 3.8) is 0 Å². The molecule has 0 fully saturated rings. The molecule has 2 heterocycles. The maximum Gasteiger partial charge on any atom is 0.0988 e. The molecule has 4 heteroatoms. The van der Waals surface area contributed by atoms with Crippen LogP contribution in [0.25, 0.3) is 16.9 Å². The second kappa shape index (κ2) is 6.97. The fraction of sp³-hybridized carbons (Fsp3) is 0.300. The van der Waals surface area contributed by atoms with E-state index in [1.165, 1.54) is 5.56 Å². The van der Waals surface area contributed by atoms with Gasteiger partial charge in [-0.25, -0.2) is 4.68 Å². The van der Waals surface area contributed by atoms with Crippen LogP contribution in [0, 0.1) is 5.41 Å². The maximum absolute atomic E-state index is 4.80. The van der Waals surface area contributed by atoms with Gasteiger partial charge in [0.1, 0.15) is 0 Å². The molecule has 3 rings (SSSR count). The van der Waals surface area contributed by atoms with Gasteiger partial charge in [-0.1, -0.05) is 39.0 Å². The van der Waals surface area contributed by atoms with Crippen molar-refractivity contribution in [2.24, 2.45) is 5.41 Å². The van der Waals surface area contributed by atoms with Gasteiger partial charge in [0.2, 0.25) is 0 Å². The van der Waals surface area contributed by atoms with Crippen molar-refractivity contribution in [2.75, 3.05) is 6.54 Å². The molecule has 1 aromatic carbocycles. The average molecular weight is 320 g/mol. The van der Waals surface area contributed by atoms with E-state index in [9.17, 15) is 0 Å². The highest BCUT2D eigenvalue weighted by Gasteiger charge is 2.14. The second-order valence-corrected chi connectivity index (χ2v) is 7.19. The fourth-order valence-electron chi connectivity index (χ4n) is 2.57. The zero-order valence-corrected chi connectivity index (χ0v) is 14.5. The Bertz CT molecular complexity index is 770. The van der Waals surface area contributed by atoms with E-state index < -0.39 is 0 Å². The Balaban J connectivity index is 1.92. The smallest absolute Gasteiger partial charge is 0.0988 e. The van der Waals surface area contributed by atoms with Crippen LogP contribution in [0.5, 0.6) is 0 Å². The van der Waals surface area contributed by atoms with Crippen LogP contribution >= 0.6 is 0 Å². The molecular formula is C20H24N4. The van der Waals surface area contributed by atoms with Crippen molar-refractivity contribution in [1.29, 1.82) is 0 Å². The number of rotatable bonds is 5. The monoisotopic (exact) mass is 320 g/mol. The van der Waals surface area contributed by atoms with Gasteiger partial charge in [0.25, 0.3) is 0 Å². The van der Waals surface area contributed by atoms with E-state index in [2.05, 4.69) is 55.5 Å². The molecular weight excluding hydrogens is 296 g/mol. The molecule has 24 heavy (non-hydrogen) atoms. The van der Waals surface area contributed by atoms with Crippen molar-refractivity contribution in [3.8, 4) is 16.9 Å². The number of pyridine rings is 1. The third-order valence-electron chi connectivity index (χ3n) is 3.72. The Hall–Kier alpha value is -2.46. The first-order valence-corrected chi connectivity index (χ1v) is 8.28. The summed E-state index contributed by atoms with van der Waals surface area (Å²) in [5.74, 6) is 0. The van der Waals surface area contributed by atoms with Crippen molar-refractivity contribution in [1.82, 2.24) is 20.1 Å². The molecule has 124 valence electrons. The predicted molar refractivity (Wildman–Crippen MR) is 98.0 cm³/mol. The molecule has 0 bridgehead atoms. The van der Waals surface area contributed by atoms with E-state index in [4.69, 9.17) is 5.10 Å². The number of benzene rings is 1. The topological polar surface area (TPSA) is 42.7 Å². The van der Waals surface area contributed by atoms with Gasteiger partial charge >= 0.3 is 0 Å². The third kappa shape index (κ3) is 4.09. The fourth-order valence-corrected chi connectivity index (χ4v) is 2.57. The molecule has 0 atom stereocenters. The standard InChI is InChI=1S/C20H24N4/c1-20(2,3)15-22-13-17-14-24(18-9-5-4-6-10-18)23-19(17)16-8-7-11-21-12-16/h4-12,14,22H,13,15H2,1-3H3. The van der Waals surface area contributed by atoms with Gasteiger partial charge in [0.15, 0.2) is 0 Å². The largest absolute Gasteiger partial charge is 0.312 e. The molecule has 0 spiro atoms. The number of hydrogen-bond donors (Lipinski definition) is 1. The normalized spacial score (nSPS) is 11.6. The molecule has 2 aromatic heterocycles. The lowest BCUT2D eigenvalue weighted by atomic mass is 9.97. The van der Waals surface area contributed by atoms with Crippen LogP contribution in [0.2, 0.25) is 0 Å². The molecule has 0 aliphatic heterocycles. The molecule has 0 amide bonds. The average Bonchev–Trinajstić information content (AvgIpc) is 2.99. The zero-order valence-electron chi connectivity index (χ0n) is 14.5. The van der Waals surface area contributed by atoms with Crippen LogP contribution in [-0.2, 0) is 6.54 Å². The minimum absolute atomic E-state index is 0.254. The molecule has 0 unspecified atom stereocenters. The van der Waals surface area contributed by atoms with Crippen LogP contribution in [0.4, 0.5) is 0 Å². The number of hydrogen-bond acceptors (Lipinski definition) is 3. The predicted octanol–water partition coefficient (Wildman–Crippen LogP) is 4.07. The zero-order chi connectivity index (χ0) is 17.0. The SMILES string of the molecule is CC(C)(C)CNCc1cn(-c2ccccc2)nc1-c1cccnc1. The summed E-state index contributed by atoms with van der Waals surface area (Å²) >= 11 is 0. The Kier molecular flexibility index (Phi) is 4.76. The van der Waals surface area contributed by atoms with Crippen LogP contribution in [0.3, 0.4) is 0 Å². The molecule has 1 N–H and O–H groups in total. The van der Waals surface area contributed by atoms with E-state index in [0.717, 1.165) is 30.0 Å². The number of aromatic nitrogens is 3. The van der Waals surface area contributed by atoms with Gasteiger partial charge in [-0.3, -0.25) is 4.98 Å². The Morgan fingerprint density at radius 1 is 1.04 bits per heavy atom. The summed E-state index contributed by atoms with van der Waals surface area (Å²) < 4.78 is 1.94. The van der Waals surface area contributed by atoms with Gasteiger partial charge in [0.05, 0.1) is 11.4 Å². The highest BCUT2D eigenvalue weighted by molar-refractivity contribution is 5.62. The Labute approximate surface area is 143 Å². The van der Waals surface area contributed by atoms with E-state index in [0.29, 0.717) is 0 Å². The lowest BCUT2D eigenvalue weighted by Crippen LogP contribution is -2.26. The summed E-state index contributed by atoms with van der Waals surface area (Å²) in [6.07, 6.45) is 5.76. The van der Waals surface area contributed by atoms with Crippen molar-refractivity contribution in [2.45, 2.75) is 27.3 Å². The minimum Gasteiger partial charge on any atom is -0.312 e. The van der Waals surface area contributed by atoms with Gasteiger partial charge in [-0.2, -0.15) is 5.10 Å². The summed E-state index contributed by atoms with van der Waals surface area (Å²) in [5.41, 5.74) is 4.51. The van der Waals surface area contributed by atoms with Gasteiger partial charge < -0.3 is 5.32 Å². The summed E-state index contributed by atoms with van der Waals surface area (Å²) in [4.78, 5) is 4.23. The van der Waals surface area contributed by atoms with E-state index >= 15 is 0 Å². The Morgan fingerprint density at radius 3 is 2.50 bits per heavy atom. The highest BCUT2D eigenvalue weighted by Crippen LogP contribution is 2.23. The molecule has 0 aliphatic carbocycles. The first-order valence-electron chi connectivity index (χ1n) is 8.28. The summed E-state index contributed by atoms with van der Waals surface area (Å²) in [6.45, 7) is 8.44. The molecule has 0 aliphatic rings. The van der Waals surface area contributed by atoms with Crippen LogP contribution in [0.1, 0.15) is 26.3 Å². The maximum atomic E-state index is 4.80. The number of nitrogens with one attached hydrogen (secondary N) is 1.